The quantitative estimate of drug-likeness (QED) is 0.622. The van der Waals surface area contributed by atoms with Gasteiger partial charge in [-0.25, -0.2) is 0 Å². The van der Waals surface area contributed by atoms with E-state index in [0.717, 1.165) is 0 Å². The maximum absolute atomic E-state index is 11.8. The molecule has 4 heteroatoms. The molecule has 0 atom stereocenters. The summed E-state index contributed by atoms with van der Waals surface area (Å²) in [7, 11) is 0. The average molecular weight is 222 g/mol. The van der Waals surface area contributed by atoms with Crippen LogP contribution < -0.4 is 0 Å². The third-order valence-electron chi connectivity index (χ3n) is 1.44. The van der Waals surface area contributed by atoms with Crippen LogP contribution >= 0.6 is 0 Å². The van der Waals surface area contributed by atoms with Gasteiger partial charge < -0.3 is 0 Å². The summed E-state index contributed by atoms with van der Waals surface area (Å²) in [6, 6.07) is 0. The fourth-order valence-corrected chi connectivity index (χ4v) is 3.70. The zero-order valence-electron chi connectivity index (χ0n) is 7.65. The van der Waals surface area contributed by atoms with Crippen molar-refractivity contribution in [1.82, 2.24) is 0 Å². The first-order valence-corrected chi connectivity index (χ1v) is 7.60. The van der Waals surface area contributed by atoms with Crippen LogP contribution in [-0.4, -0.2) is 6.61 Å². The minimum atomic E-state index is -5.09. The molecule has 0 aromatic rings. The molecular formula is C9H15O3V. The molecular weight excluding hydrogens is 207 g/mol. The summed E-state index contributed by atoms with van der Waals surface area (Å²) in [5.74, 6) is 0. The summed E-state index contributed by atoms with van der Waals surface area (Å²) >= 11 is -5.09. The van der Waals surface area contributed by atoms with Crippen LogP contribution in [0.15, 0.2) is 38.0 Å². The Morgan fingerprint density at radius 2 is 1.46 bits per heavy atom. The van der Waals surface area contributed by atoms with Crippen molar-refractivity contribution in [3.63, 3.8) is 0 Å². The number of rotatable bonds is 7. The van der Waals surface area contributed by atoms with E-state index in [1.807, 2.05) is 0 Å². The standard InChI is InChI=1S/C3H5O.2C3H5.2O.V/c1-2-3-4;2*1-3-2;;;/h2H,1,3H2;2*3H,1-2H2;;;/q-1;;;;;+1. The number of hydrogen-bond donors (Lipinski definition) is 0. The molecule has 0 unspecified atom stereocenters. The summed E-state index contributed by atoms with van der Waals surface area (Å²) in [5.41, 5.74) is 0. The third kappa shape index (κ3) is 4.22. The van der Waals surface area contributed by atoms with Gasteiger partial charge >= 0.3 is 79.0 Å². The third-order valence-corrected chi connectivity index (χ3v) is 5.59. The molecule has 3 nitrogen and oxygen atoms in total. The van der Waals surface area contributed by atoms with Crippen molar-refractivity contribution in [2.24, 2.45) is 0 Å². The summed E-state index contributed by atoms with van der Waals surface area (Å²) in [6.07, 6.45) is 4.07. The first-order valence-electron chi connectivity index (χ1n) is 3.92. The fraction of sp³-hybridized carbons (Fsp3) is 0.333. The Bertz CT molecular complexity index is 303. The van der Waals surface area contributed by atoms with Gasteiger partial charge in [0.15, 0.2) is 0 Å². The Morgan fingerprint density at radius 3 is 1.77 bits per heavy atom. The second kappa shape index (κ2) is 4.56. The van der Waals surface area contributed by atoms with E-state index in [-0.39, 0.29) is 16.9 Å². The monoisotopic (exact) mass is 222 g/mol. The van der Waals surface area contributed by atoms with E-state index in [1.54, 1.807) is 0 Å². The van der Waals surface area contributed by atoms with Crippen molar-refractivity contribution >= 4 is 0 Å². The van der Waals surface area contributed by atoms with E-state index in [9.17, 15) is 7.35 Å². The molecule has 0 aliphatic rings. The van der Waals surface area contributed by atoms with Crippen LogP contribution in [0.5, 0.6) is 0 Å². The van der Waals surface area contributed by atoms with E-state index in [1.165, 1.54) is 18.2 Å². The van der Waals surface area contributed by atoms with E-state index in [4.69, 9.17) is 3.66 Å². The van der Waals surface area contributed by atoms with Gasteiger partial charge in [0.1, 0.15) is 0 Å². The van der Waals surface area contributed by atoms with Crippen LogP contribution in [0, 0.1) is 0 Å². The molecule has 0 saturated carbocycles. The van der Waals surface area contributed by atoms with Crippen LogP contribution in [0.3, 0.4) is 0 Å². The van der Waals surface area contributed by atoms with Crippen LogP contribution in [0.25, 0.3) is 0 Å². The topological polar surface area (TPSA) is 43.4 Å². The molecule has 0 spiro atoms. The molecule has 0 saturated heterocycles. The zero-order chi connectivity index (χ0) is 10.4. The predicted octanol–water partition coefficient (Wildman–Crippen LogP) is 2.69. The summed E-state index contributed by atoms with van der Waals surface area (Å²) in [5, 5.41) is -0.253. The van der Waals surface area contributed by atoms with Gasteiger partial charge in [0.25, 0.3) is 0 Å². The van der Waals surface area contributed by atoms with Gasteiger partial charge in [-0.1, -0.05) is 0 Å². The molecule has 0 bridgehead atoms. The number of hydrogen-bond acceptors (Lipinski definition) is 3. The van der Waals surface area contributed by atoms with Crippen LogP contribution in [-0.2, 0) is 24.1 Å². The van der Waals surface area contributed by atoms with E-state index >= 15 is 0 Å². The first kappa shape index (κ1) is 12.4. The molecule has 0 rings (SSSR count). The van der Waals surface area contributed by atoms with E-state index in [0.29, 0.717) is 0 Å². The van der Waals surface area contributed by atoms with Gasteiger partial charge in [-0.2, -0.15) is 0 Å². The number of allylic oxidation sites excluding steroid dienone is 2. The molecule has 74 valence electrons. The van der Waals surface area contributed by atoms with Crippen molar-refractivity contribution < 1.29 is 24.1 Å². The summed E-state index contributed by atoms with van der Waals surface area (Å²) in [6.45, 7) is 10.2. The van der Waals surface area contributed by atoms with E-state index < -0.39 is 13.1 Å². The van der Waals surface area contributed by atoms with Gasteiger partial charge in [0.05, 0.1) is 0 Å². The van der Waals surface area contributed by atoms with Crippen molar-refractivity contribution in [2.75, 3.05) is 6.61 Å². The molecule has 0 aromatic carbocycles. The maximum atomic E-state index is 11.8. The van der Waals surface area contributed by atoms with Crippen LogP contribution in [0.1, 0.15) is 0 Å². The molecule has 0 N–H and O–H groups in total. The zero-order valence-corrected chi connectivity index (χ0v) is 9.04. The molecule has 0 aliphatic carbocycles. The average Bonchev–Trinajstić information content (AvgIpc) is 2.02. The van der Waals surface area contributed by atoms with Crippen molar-refractivity contribution in [2.45, 2.75) is 10.3 Å². The molecule has 0 amide bonds. The molecule has 13 heavy (non-hydrogen) atoms. The van der Waals surface area contributed by atoms with Gasteiger partial charge in [-0.3, -0.25) is 0 Å². The Hall–Kier alpha value is -0.636. The fourth-order valence-electron chi connectivity index (χ4n) is 0.898. The SMILES string of the molecule is C=CC[O][V](=[O])(=[O])([CH2]C=C)[CH2]C=C. The Balaban J connectivity index is 4.79. The van der Waals surface area contributed by atoms with Crippen molar-refractivity contribution in [1.29, 1.82) is 0 Å². The van der Waals surface area contributed by atoms with Crippen LogP contribution in [0.4, 0.5) is 0 Å². The van der Waals surface area contributed by atoms with Gasteiger partial charge in [0.2, 0.25) is 0 Å². The Kier molecular flexibility index (Phi) is 4.34. The Morgan fingerprint density at radius 1 is 1.00 bits per heavy atom. The normalized spacial score (nSPS) is 12.1. The van der Waals surface area contributed by atoms with Crippen LogP contribution in [0.2, 0.25) is 10.3 Å². The van der Waals surface area contributed by atoms with Crippen molar-refractivity contribution in [3.8, 4) is 0 Å². The summed E-state index contributed by atoms with van der Waals surface area (Å²) in [4.78, 5) is 0. The Labute approximate surface area is 79.3 Å². The second-order valence-corrected chi connectivity index (χ2v) is 8.11. The molecule has 0 heterocycles. The van der Waals surface area contributed by atoms with E-state index in [2.05, 4.69) is 19.7 Å². The summed E-state index contributed by atoms with van der Waals surface area (Å²) < 4.78 is 28.6. The van der Waals surface area contributed by atoms with Gasteiger partial charge in [-0.05, 0) is 0 Å². The van der Waals surface area contributed by atoms with Gasteiger partial charge in [0, 0.05) is 0 Å². The molecule has 0 radical (unpaired) electrons. The minimum absolute atomic E-state index is 0.0142. The molecule has 0 aliphatic heterocycles. The second-order valence-electron chi connectivity index (χ2n) is 2.75. The van der Waals surface area contributed by atoms with Gasteiger partial charge in [-0.15, -0.1) is 0 Å². The first-order chi connectivity index (χ1) is 5.96. The van der Waals surface area contributed by atoms with Crippen molar-refractivity contribution in [3.05, 3.63) is 38.0 Å². The predicted molar refractivity (Wildman–Crippen MR) is 47.5 cm³/mol. The molecule has 0 fully saturated rings. The molecule has 0 aromatic heterocycles.